The van der Waals surface area contributed by atoms with Crippen LogP contribution in [0.1, 0.15) is 39.4 Å². The predicted octanol–water partition coefficient (Wildman–Crippen LogP) is 2.61. The molecule has 150 valence electrons. The van der Waals surface area contributed by atoms with Gasteiger partial charge in [-0.25, -0.2) is 14.4 Å². The molecule has 0 unspecified atom stereocenters. The number of nitrogens with one attached hydrogen (secondary N) is 1. The number of amides is 1. The zero-order chi connectivity index (χ0) is 20.4. The van der Waals surface area contributed by atoms with Crippen molar-refractivity contribution in [2.24, 2.45) is 0 Å². The molecule has 6 nitrogen and oxygen atoms in total. The summed E-state index contributed by atoms with van der Waals surface area (Å²) in [6, 6.07) is 5.72. The average Bonchev–Trinajstić information content (AvgIpc) is 3.13. The molecule has 1 aromatic heterocycles. The first-order chi connectivity index (χ1) is 13.3. The second kappa shape index (κ2) is 8.22. The lowest BCUT2D eigenvalue weighted by atomic mass is 10.1. The molecule has 0 radical (unpaired) electrons. The third-order valence-corrected chi connectivity index (χ3v) is 5.30. The zero-order valence-corrected chi connectivity index (χ0v) is 17.2. The molecule has 2 aromatic rings. The second-order valence-electron chi connectivity index (χ2n) is 7.64. The number of aryl methyl sites for hydroxylation is 2. The summed E-state index contributed by atoms with van der Waals surface area (Å²) < 4.78 is 14.2. The van der Waals surface area contributed by atoms with E-state index in [2.05, 4.69) is 20.2 Å². The smallest absolute Gasteiger partial charge is 0.291 e. The van der Waals surface area contributed by atoms with Gasteiger partial charge in [0.1, 0.15) is 11.6 Å². The van der Waals surface area contributed by atoms with Crippen LogP contribution in [0, 0.1) is 26.6 Å². The monoisotopic (exact) mass is 385 g/mol. The highest BCUT2D eigenvalue weighted by atomic mass is 19.1. The van der Waals surface area contributed by atoms with Gasteiger partial charge < -0.3 is 15.1 Å². The van der Waals surface area contributed by atoms with Crippen molar-refractivity contribution < 1.29 is 9.18 Å². The Bertz CT molecular complexity index is 883. The molecule has 3 rings (SSSR count). The van der Waals surface area contributed by atoms with Crippen molar-refractivity contribution in [3.8, 4) is 0 Å². The topological polar surface area (TPSA) is 61.4 Å². The van der Waals surface area contributed by atoms with Gasteiger partial charge in [-0.1, -0.05) is 18.2 Å². The fraction of sp³-hybridized carbons (Fsp3) is 0.476. The number of nitrogens with zero attached hydrogens (tertiary/aromatic N) is 4. The van der Waals surface area contributed by atoms with E-state index in [0.717, 1.165) is 36.6 Å². The van der Waals surface area contributed by atoms with Gasteiger partial charge in [0.25, 0.3) is 5.91 Å². The highest BCUT2D eigenvalue weighted by molar-refractivity contribution is 5.90. The molecule has 1 aliphatic heterocycles. The van der Waals surface area contributed by atoms with Crippen molar-refractivity contribution >= 4 is 11.7 Å². The Morgan fingerprint density at radius 3 is 2.75 bits per heavy atom. The highest BCUT2D eigenvalue weighted by Crippen LogP contribution is 2.24. The van der Waals surface area contributed by atoms with E-state index in [-0.39, 0.29) is 23.6 Å². The average molecular weight is 385 g/mol. The summed E-state index contributed by atoms with van der Waals surface area (Å²) in [4.78, 5) is 24.9. The Morgan fingerprint density at radius 2 is 2.04 bits per heavy atom. The number of hydrogen-bond donors (Lipinski definition) is 1. The molecule has 7 heteroatoms. The Morgan fingerprint density at radius 1 is 1.29 bits per heavy atom. The van der Waals surface area contributed by atoms with E-state index < -0.39 is 0 Å². The number of halogens is 1. The molecule has 0 saturated carbocycles. The maximum Gasteiger partial charge on any atom is 0.291 e. The van der Waals surface area contributed by atoms with Crippen molar-refractivity contribution in [1.29, 1.82) is 0 Å². The molecule has 1 atom stereocenters. The van der Waals surface area contributed by atoms with Crippen molar-refractivity contribution in [3.05, 3.63) is 52.2 Å². The largest absolute Gasteiger partial charge is 0.355 e. The number of aromatic nitrogens is 2. The van der Waals surface area contributed by atoms with Gasteiger partial charge in [0.2, 0.25) is 5.82 Å². The Balaban J connectivity index is 1.71. The van der Waals surface area contributed by atoms with Crippen LogP contribution in [0.25, 0.3) is 0 Å². The fourth-order valence-electron chi connectivity index (χ4n) is 3.44. The van der Waals surface area contributed by atoms with Crippen molar-refractivity contribution in [2.75, 3.05) is 32.1 Å². The summed E-state index contributed by atoms with van der Waals surface area (Å²) in [5, 5.41) is 3.46. The molecule has 1 aromatic carbocycles. The molecule has 0 spiro atoms. The molecule has 1 aliphatic rings. The van der Waals surface area contributed by atoms with Crippen LogP contribution >= 0.6 is 0 Å². The van der Waals surface area contributed by atoms with E-state index >= 15 is 0 Å². The molecule has 2 heterocycles. The van der Waals surface area contributed by atoms with Crippen molar-refractivity contribution in [3.63, 3.8) is 0 Å². The lowest BCUT2D eigenvalue weighted by Crippen LogP contribution is -2.33. The number of carbonyl (C=O) groups excluding carboxylic acids is 1. The predicted molar refractivity (Wildman–Crippen MR) is 108 cm³/mol. The lowest BCUT2D eigenvalue weighted by molar-refractivity contribution is 0.0815. The standard InChI is InChI=1S/C21H28FN5O/c1-13-7-6-8-16(18(13)22)11-23-17-9-10-27(12-17)20-14(2)15(3)24-19(25-20)21(28)26(4)5/h6-8,17,23H,9-12H2,1-5H3/t17-/m1/s1. The minimum absolute atomic E-state index is 0.140. The Kier molecular flexibility index (Phi) is 5.93. The van der Waals surface area contributed by atoms with Crippen LogP contribution in [0.15, 0.2) is 18.2 Å². The van der Waals surface area contributed by atoms with E-state index in [4.69, 9.17) is 0 Å². The molecular formula is C21H28FN5O. The summed E-state index contributed by atoms with van der Waals surface area (Å²) >= 11 is 0. The van der Waals surface area contributed by atoms with Crippen LogP contribution in [0.3, 0.4) is 0 Å². The number of benzene rings is 1. The van der Waals surface area contributed by atoms with Crippen LogP contribution in [-0.2, 0) is 6.54 Å². The Hall–Kier alpha value is -2.54. The van der Waals surface area contributed by atoms with E-state index in [1.54, 1.807) is 27.1 Å². The van der Waals surface area contributed by atoms with Gasteiger partial charge in [-0.2, -0.15) is 0 Å². The van der Waals surface area contributed by atoms with E-state index in [0.29, 0.717) is 17.7 Å². The first kappa shape index (κ1) is 20.2. The third kappa shape index (κ3) is 4.14. The maximum absolute atomic E-state index is 14.2. The van der Waals surface area contributed by atoms with Crippen LogP contribution in [0.5, 0.6) is 0 Å². The van der Waals surface area contributed by atoms with Crippen LogP contribution in [0.2, 0.25) is 0 Å². The SMILES string of the molecule is Cc1cccc(CN[C@@H]2CCN(c3nc(C(=O)N(C)C)nc(C)c3C)C2)c1F. The first-order valence-electron chi connectivity index (χ1n) is 9.57. The van der Waals surface area contributed by atoms with E-state index in [9.17, 15) is 9.18 Å². The van der Waals surface area contributed by atoms with Crippen LogP contribution < -0.4 is 10.2 Å². The van der Waals surface area contributed by atoms with Crippen LogP contribution in [-0.4, -0.2) is 54.0 Å². The summed E-state index contributed by atoms with van der Waals surface area (Å²) in [7, 11) is 3.39. The highest BCUT2D eigenvalue weighted by Gasteiger charge is 2.26. The second-order valence-corrected chi connectivity index (χ2v) is 7.64. The van der Waals surface area contributed by atoms with Gasteiger partial charge in [-0.3, -0.25) is 4.79 Å². The molecule has 0 aliphatic carbocycles. The van der Waals surface area contributed by atoms with Gasteiger partial charge in [0.05, 0.1) is 0 Å². The third-order valence-electron chi connectivity index (χ3n) is 5.30. The number of rotatable bonds is 5. The number of hydrogen-bond acceptors (Lipinski definition) is 5. The zero-order valence-electron chi connectivity index (χ0n) is 17.2. The van der Waals surface area contributed by atoms with Crippen molar-refractivity contribution in [2.45, 2.75) is 39.8 Å². The Labute approximate surface area is 165 Å². The van der Waals surface area contributed by atoms with Gasteiger partial charge in [0.15, 0.2) is 0 Å². The number of carbonyl (C=O) groups is 1. The molecule has 1 amide bonds. The summed E-state index contributed by atoms with van der Waals surface area (Å²) in [6.45, 7) is 7.76. The van der Waals surface area contributed by atoms with E-state index in [1.807, 2.05) is 26.0 Å². The molecule has 1 N–H and O–H groups in total. The van der Waals surface area contributed by atoms with Gasteiger partial charge in [0, 0.05) is 56.6 Å². The van der Waals surface area contributed by atoms with Crippen LogP contribution in [0.4, 0.5) is 10.2 Å². The molecular weight excluding hydrogens is 357 g/mol. The lowest BCUT2D eigenvalue weighted by Gasteiger charge is -2.22. The van der Waals surface area contributed by atoms with Gasteiger partial charge >= 0.3 is 0 Å². The summed E-state index contributed by atoms with van der Waals surface area (Å²) in [6.07, 6.45) is 0.937. The van der Waals surface area contributed by atoms with Gasteiger partial charge in [-0.05, 0) is 32.8 Å². The van der Waals surface area contributed by atoms with Crippen molar-refractivity contribution in [1.82, 2.24) is 20.2 Å². The normalized spacial score (nSPS) is 16.5. The quantitative estimate of drug-likeness (QED) is 0.857. The fourth-order valence-corrected chi connectivity index (χ4v) is 3.44. The minimum Gasteiger partial charge on any atom is -0.355 e. The molecule has 1 fully saturated rings. The number of anilines is 1. The summed E-state index contributed by atoms with van der Waals surface area (Å²) in [5.74, 6) is 0.692. The molecule has 1 saturated heterocycles. The maximum atomic E-state index is 14.2. The first-order valence-corrected chi connectivity index (χ1v) is 9.57. The molecule has 28 heavy (non-hydrogen) atoms. The van der Waals surface area contributed by atoms with E-state index in [1.165, 1.54) is 4.90 Å². The molecule has 0 bridgehead atoms. The summed E-state index contributed by atoms with van der Waals surface area (Å²) in [5.41, 5.74) is 3.15. The van der Waals surface area contributed by atoms with Gasteiger partial charge in [-0.15, -0.1) is 0 Å². The minimum atomic E-state index is -0.201.